The molecule has 20 heavy (non-hydrogen) atoms. The van der Waals surface area contributed by atoms with Crippen molar-refractivity contribution in [1.29, 1.82) is 0 Å². The number of hydrogen-bond donors (Lipinski definition) is 1. The SMILES string of the molecule is CC(C)CNCC1(CCc2ccnn2C)CC2CC2C1. The van der Waals surface area contributed by atoms with Gasteiger partial charge in [0.2, 0.25) is 0 Å². The first-order valence-electron chi connectivity index (χ1n) is 8.26. The van der Waals surface area contributed by atoms with Gasteiger partial charge in [-0.25, -0.2) is 0 Å². The van der Waals surface area contributed by atoms with Crippen molar-refractivity contribution in [2.45, 2.75) is 46.0 Å². The number of hydrogen-bond acceptors (Lipinski definition) is 2. The lowest BCUT2D eigenvalue weighted by atomic mass is 9.78. The third-order valence-electron chi connectivity index (χ3n) is 5.35. The summed E-state index contributed by atoms with van der Waals surface area (Å²) in [4.78, 5) is 0. The van der Waals surface area contributed by atoms with Crippen LogP contribution in [0.3, 0.4) is 0 Å². The molecular formula is C17H29N3. The summed E-state index contributed by atoms with van der Waals surface area (Å²) in [5.74, 6) is 2.87. The van der Waals surface area contributed by atoms with Gasteiger partial charge in [0.05, 0.1) is 0 Å². The van der Waals surface area contributed by atoms with Gasteiger partial charge in [0, 0.05) is 25.5 Å². The molecule has 0 aliphatic heterocycles. The van der Waals surface area contributed by atoms with Gasteiger partial charge in [-0.15, -0.1) is 0 Å². The number of aromatic nitrogens is 2. The number of rotatable bonds is 7. The van der Waals surface area contributed by atoms with Crippen LogP contribution in [-0.2, 0) is 13.5 Å². The van der Waals surface area contributed by atoms with E-state index >= 15 is 0 Å². The van der Waals surface area contributed by atoms with Crippen molar-refractivity contribution in [2.24, 2.45) is 30.2 Å². The van der Waals surface area contributed by atoms with E-state index in [0.717, 1.165) is 24.3 Å². The molecule has 2 aliphatic rings. The predicted octanol–water partition coefficient (Wildman–Crippen LogP) is 3.01. The molecule has 3 heteroatoms. The summed E-state index contributed by atoms with van der Waals surface area (Å²) in [5.41, 5.74) is 1.95. The van der Waals surface area contributed by atoms with Crippen LogP contribution in [0.15, 0.2) is 12.3 Å². The fourth-order valence-electron chi connectivity index (χ4n) is 4.11. The van der Waals surface area contributed by atoms with Crippen molar-refractivity contribution in [3.05, 3.63) is 18.0 Å². The molecule has 2 aliphatic carbocycles. The van der Waals surface area contributed by atoms with Gasteiger partial charge >= 0.3 is 0 Å². The first-order chi connectivity index (χ1) is 9.58. The summed E-state index contributed by atoms with van der Waals surface area (Å²) in [6, 6.07) is 2.17. The van der Waals surface area contributed by atoms with Crippen molar-refractivity contribution in [3.8, 4) is 0 Å². The second-order valence-corrected chi connectivity index (χ2v) is 7.64. The quantitative estimate of drug-likeness (QED) is 0.829. The molecule has 3 nitrogen and oxygen atoms in total. The molecular weight excluding hydrogens is 246 g/mol. The zero-order valence-electron chi connectivity index (χ0n) is 13.2. The number of nitrogens with zero attached hydrogens (tertiary/aromatic N) is 2. The molecule has 2 fully saturated rings. The van der Waals surface area contributed by atoms with Crippen LogP contribution in [0.4, 0.5) is 0 Å². The van der Waals surface area contributed by atoms with Crippen LogP contribution in [0.2, 0.25) is 0 Å². The normalized spacial score (nSPS) is 31.8. The van der Waals surface area contributed by atoms with Crippen LogP contribution in [-0.4, -0.2) is 22.9 Å². The summed E-state index contributed by atoms with van der Waals surface area (Å²) < 4.78 is 2.03. The largest absolute Gasteiger partial charge is 0.316 e. The highest BCUT2D eigenvalue weighted by molar-refractivity contribution is 5.07. The van der Waals surface area contributed by atoms with Gasteiger partial charge in [-0.2, -0.15) is 5.10 Å². The zero-order chi connectivity index (χ0) is 14.2. The first-order valence-corrected chi connectivity index (χ1v) is 8.26. The Bertz CT molecular complexity index is 439. The molecule has 0 radical (unpaired) electrons. The van der Waals surface area contributed by atoms with Crippen LogP contribution in [0, 0.1) is 23.2 Å². The van der Waals surface area contributed by atoms with Crippen LogP contribution in [0.5, 0.6) is 0 Å². The van der Waals surface area contributed by atoms with E-state index in [9.17, 15) is 0 Å². The second-order valence-electron chi connectivity index (χ2n) is 7.64. The molecule has 0 spiro atoms. The third-order valence-corrected chi connectivity index (χ3v) is 5.35. The Morgan fingerprint density at radius 1 is 1.40 bits per heavy atom. The van der Waals surface area contributed by atoms with E-state index in [0.29, 0.717) is 5.41 Å². The lowest BCUT2D eigenvalue weighted by molar-refractivity contribution is 0.226. The number of nitrogens with one attached hydrogen (secondary N) is 1. The number of aryl methyl sites for hydroxylation is 2. The summed E-state index contributed by atoms with van der Waals surface area (Å²) in [7, 11) is 2.06. The van der Waals surface area contributed by atoms with E-state index in [1.165, 1.54) is 44.3 Å². The molecule has 112 valence electrons. The van der Waals surface area contributed by atoms with Crippen molar-refractivity contribution in [3.63, 3.8) is 0 Å². The monoisotopic (exact) mass is 275 g/mol. The van der Waals surface area contributed by atoms with Crippen LogP contribution in [0.1, 0.15) is 45.2 Å². The Labute approximate surface area is 123 Å². The van der Waals surface area contributed by atoms with Crippen molar-refractivity contribution in [1.82, 2.24) is 15.1 Å². The number of fused-ring (bicyclic) bond motifs is 1. The summed E-state index contributed by atoms with van der Waals surface area (Å²) >= 11 is 0. The smallest absolute Gasteiger partial charge is 0.0492 e. The maximum absolute atomic E-state index is 4.29. The van der Waals surface area contributed by atoms with Gasteiger partial charge in [0.1, 0.15) is 0 Å². The molecule has 3 rings (SSSR count). The Kier molecular flexibility index (Phi) is 3.89. The van der Waals surface area contributed by atoms with Gasteiger partial charge < -0.3 is 5.32 Å². The summed E-state index contributed by atoms with van der Waals surface area (Å²) in [6.45, 7) is 6.96. The molecule has 2 saturated carbocycles. The molecule has 1 heterocycles. The van der Waals surface area contributed by atoms with E-state index in [-0.39, 0.29) is 0 Å². The maximum atomic E-state index is 4.29. The van der Waals surface area contributed by atoms with Crippen molar-refractivity contribution >= 4 is 0 Å². The molecule has 2 atom stereocenters. The Balaban J connectivity index is 1.57. The molecule has 0 saturated heterocycles. The summed E-state index contributed by atoms with van der Waals surface area (Å²) in [6.07, 6.45) is 8.86. The molecule has 2 unspecified atom stereocenters. The second kappa shape index (κ2) is 5.51. The van der Waals surface area contributed by atoms with Gasteiger partial charge in [-0.1, -0.05) is 13.8 Å². The van der Waals surface area contributed by atoms with Crippen LogP contribution < -0.4 is 5.32 Å². The molecule has 1 N–H and O–H groups in total. The van der Waals surface area contributed by atoms with E-state index < -0.39 is 0 Å². The zero-order valence-corrected chi connectivity index (χ0v) is 13.2. The van der Waals surface area contributed by atoms with Crippen molar-refractivity contribution in [2.75, 3.05) is 13.1 Å². The minimum atomic E-state index is 0.562. The summed E-state index contributed by atoms with van der Waals surface area (Å²) in [5, 5.41) is 8.03. The highest BCUT2D eigenvalue weighted by Gasteiger charge is 2.52. The minimum Gasteiger partial charge on any atom is -0.316 e. The average Bonchev–Trinajstić information content (AvgIpc) is 2.82. The van der Waals surface area contributed by atoms with E-state index in [4.69, 9.17) is 0 Å². The lowest BCUT2D eigenvalue weighted by Gasteiger charge is -2.32. The van der Waals surface area contributed by atoms with E-state index in [1.807, 2.05) is 10.9 Å². The van der Waals surface area contributed by atoms with Crippen LogP contribution in [0.25, 0.3) is 0 Å². The Hall–Kier alpha value is -0.830. The predicted molar refractivity (Wildman–Crippen MR) is 82.5 cm³/mol. The van der Waals surface area contributed by atoms with E-state index in [2.05, 4.69) is 37.4 Å². The molecule has 0 amide bonds. The van der Waals surface area contributed by atoms with Crippen molar-refractivity contribution < 1.29 is 0 Å². The fraction of sp³-hybridized carbons (Fsp3) is 0.824. The van der Waals surface area contributed by atoms with Crippen LogP contribution >= 0.6 is 0 Å². The standard InChI is InChI=1S/C17H29N3/c1-13(2)11-18-12-17(9-14-8-15(14)10-17)6-4-16-5-7-19-20(16)3/h5,7,13-15,18H,4,6,8-12H2,1-3H3. The average molecular weight is 275 g/mol. The maximum Gasteiger partial charge on any atom is 0.0492 e. The Morgan fingerprint density at radius 2 is 2.15 bits per heavy atom. The van der Waals surface area contributed by atoms with Gasteiger partial charge in [-0.05, 0) is 67.9 Å². The molecule has 0 bridgehead atoms. The topological polar surface area (TPSA) is 29.9 Å². The highest BCUT2D eigenvalue weighted by Crippen LogP contribution is 2.61. The third kappa shape index (κ3) is 3.08. The molecule has 1 aromatic heterocycles. The van der Waals surface area contributed by atoms with Gasteiger partial charge in [-0.3, -0.25) is 4.68 Å². The fourth-order valence-corrected chi connectivity index (χ4v) is 4.11. The lowest BCUT2D eigenvalue weighted by Crippen LogP contribution is -2.35. The Morgan fingerprint density at radius 3 is 2.75 bits per heavy atom. The highest BCUT2D eigenvalue weighted by atomic mass is 15.2. The van der Waals surface area contributed by atoms with E-state index in [1.54, 1.807) is 0 Å². The minimum absolute atomic E-state index is 0.562. The van der Waals surface area contributed by atoms with Gasteiger partial charge in [0.15, 0.2) is 0 Å². The molecule has 1 aromatic rings. The van der Waals surface area contributed by atoms with Gasteiger partial charge in [0.25, 0.3) is 0 Å². The first kappa shape index (κ1) is 14.1. The molecule has 0 aromatic carbocycles.